The molecule has 0 saturated carbocycles. The molecule has 0 aliphatic heterocycles. The molecule has 0 aliphatic rings. The predicted molar refractivity (Wildman–Crippen MR) is 110 cm³/mol. The third-order valence-electron chi connectivity index (χ3n) is 4.05. The van der Waals surface area contributed by atoms with Gasteiger partial charge in [-0.3, -0.25) is 4.79 Å². The number of anilines is 2. The molecule has 3 rings (SSSR count). The van der Waals surface area contributed by atoms with Gasteiger partial charge in [-0.15, -0.1) is 10.2 Å². The normalized spacial score (nSPS) is 10.6. The number of ether oxygens (including phenoxy) is 1. The quantitative estimate of drug-likeness (QED) is 0.601. The number of amides is 1. The van der Waals surface area contributed by atoms with Crippen LogP contribution >= 0.6 is 0 Å². The van der Waals surface area contributed by atoms with Crippen molar-refractivity contribution in [2.24, 2.45) is 0 Å². The number of rotatable bonds is 8. The molecule has 7 heteroatoms. The van der Waals surface area contributed by atoms with Gasteiger partial charge in [0.05, 0.1) is 11.8 Å². The Morgan fingerprint density at radius 3 is 2.52 bits per heavy atom. The van der Waals surface area contributed by atoms with Gasteiger partial charge in [-0.2, -0.15) is 0 Å². The fourth-order valence-electron chi connectivity index (χ4n) is 2.69. The van der Waals surface area contributed by atoms with Crippen LogP contribution in [0.25, 0.3) is 0 Å². The van der Waals surface area contributed by atoms with Crippen LogP contribution in [-0.4, -0.2) is 28.8 Å². The van der Waals surface area contributed by atoms with Crippen LogP contribution in [0.1, 0.15) is 29.9 Å². The van der Waals surface area contributed by atoms with Crippen LogP contribution in [0.4, 0.5) is 15.9 Å². The van der Waals surface area contributed by atoms with Crippen LogP contribution < -0.4 is 15.4 Å². The number of hydrogen-bond donors (Lipinski definition) is 2. The number of benzene rings is 2. The summed E-state index contributed by atoms with van der Waals surface area (Å²) < 4.78 is 19.4. The minimum Gasteiger partial charge on any atom is -0.489 e. The topological polar surface area (TPSA) is 76.1 Å². The highest BCUT2D eigenvalue weighted by Gasteiger charge is 2.10. The summed E-state index contributed by atoms with van der Waals surface area (Å²) in [5, 5.41) is 13.9. The molecule has 6 nitrogen and oxygen atoms in total. The number of aromatic nitrogens is 2. The first-order valence-corrected chi connectivity index (χ1v) is 9.41. The zero-order valence-electron chi connectivity index (χ0n) is 16.4. The summed E-state index contributed by atoms with van der Waals surface area (Å²) in [6.45, 7) is 4.22. The number of nitrogens with zero attached hydrogens (tertiary/aromatic N) is 2. The average molecular weight is 394 g/mol. The van der Waals surface area contributed by atoms with E-state index in [2.05, 4.69) is 20.8 Å². The molecule has 0 fully saturated rings. The van der Waals surface area contributed by atoms with Gasteiger partial charge in [0.1, 0.15) is 11.6 Å². The van der Waals surface area contributed by atoms with E-state index >= 15 is 0 Å². The second kappa shape index (κ2) is 9.64. The van der Waals surface area contributed by atoms with Crippen molar-refractivity contribution in [1.82, 2.24) is 15.5 Å². The molecule has 0 unspecified atom stereocenters. The Morgan fingerprint density at radius 1 is 1.03 bits per heavy atom. The van der Waals surface area contributed by atoms with Crippen molar-refractivity contribution in [3.05, 3.63) is 77.7 Å². The third-order valence-corrected chi connectivity index (χ3v) is 4.05. The lowest BCUT2D eigenvalue weighted by Gasteiger charge is -2.14. The van der Waals surface area contributed by atoms with E-state index < -0.39 is 0 Å². The molecular weight excluding hydrogens is 371 g/mol. The van der Waals surface area contributed by atoms with Crippen LogP contribution in [0.15, 0.2) is 60.7 Å². The molecular formula is C22H23FN4O2. The van der Waals surface area contributed by atoms with Crippen LogP contribution in [0.5, 0.6) is 5.75 Å². The molecule has 2 aromatic carbocycles. The van der Waals surface area contributed by atoms with Crippen molar-refractivity contribution < 1.29 is 13.9 Å². The van der Waals surface area contributed by atoms with Gasteiger partial charge in [0.2, 0.25) is 0 Å². The largest absolute Gasteiger partial charge is 0.489 e. The van der Waals surface area contributed by atoms with Crippen molar-refractivity contribution in [2.45, 2.75) is 26.4 Å². The van der Waals surface area contributed by atoms with Gasteiger partial charge in [-0.25, -0.2) is 4.39 Å². The van der Waals surface area contributed by atoms with Crippen molar-refractivity contribution >= 4 is 17.4 Å². The van der Waals surface area contributed by atoms with E-state index in [1.54, 1.807) is 30.3 Å². The lowest BCUT2D eigenvalue weighted by atomic mass is 10.1. The average Bonchev–Trinajstić information content (AvgIpc) is 2.71. The predicted octanol–water partition coefficient (Wildman–Crippen LogP) is 4.12. The van der Waals surface area contributed by atoms with Gasteiger partial charge >= 0.3 is 0 Å². The smallest absolute Gasteiger partial charge is 0.271 e. The van der Waals surface area contributed by atoms with Crippen molar-refractivity contribution in [2.75, 3.05) is 11.9 Å². The number of carbonyl (C=O) groups is 1. The molecule has 3 aromatic rings. The number of carbonyl (C=O) groups excluding carboxylic acids is 1. The molecule has 29 heavy (non-hydrogen) atoms. The van der Waals surface area contributed by atoms with Gasteiger partial charge in [0.25, 0.3) is 5.91 Å². The fourth-order valence-corrected chi connectivity index (χ4v) is 2.69. The second-order valence-electron chi connectivity index (χ2n) is 6.69. The standard InChI is InChI=1S/C22H23FN4O2/c1-15(2)29-20-10-6-5-9-18(20)25-21-12-11-19(26-27-21)22(28)24-14-13-16-7-3-4-8-17(16)23/h3-12,15H,13-14H2,1-2H3,(H,24,28)(H,25,27). The maximum Gasteiger partial charge on any atom is 0.271 e. The van der Waals surface area contributed by atoms with Crippen molar-refractivity contribution in [1.29, 1.82) is 0 Å². The first-order valence-electron chi connectivity index (χ1n) is 9.41. The molecule has 1 aromatic heterocycles. The highest BCUT2D eigenvalue weighted by atomic mass is 19.1. The molecule has 1 heterocycles. The van der Waals surface area contributed by atoms with E-state index in [1.165, 1.54) is 6.07 Å². The highest BCUT2D eigenvalue weighted by molar-refractivity contribution is 5.92. The maximum absolute atomic E-state index is 13.6. The Balaban J connectivity index is 1.57. The van der Waals surface area contributed by atoms with Crippen molar-refractivity contribution in [3.8, 4) is 5.75 Å². The number of hydrogen-bond acceptors (Lipinski definition) is 5. The van der Waals surface area contributed by atoms with E-state index in [0.717, 1.165) is 5.69 Å². The molecule has 0 bridgehead atoms. The summed E-state index contributed by atoms with van der Waals surface area (Å²) >= 11 is 0. The van der Waals surface area contributed by atoms with Crippen LogP contribution in [-0.2, 0) is 6.42 Å². The fraction of sp³-hybridized carbons (Fsp3) is 0.227. The van der Waals surface area contributed by atoms with E-state index in [9.17, 15) is 9.18 Å². The molecule has 150 valence electrons. The van der Waals surface area contributed by atoms with Crippen molar-refractivity contribution in [3.63, 3.8) is 0 Å². The van der Waals surface area contributed by atoms with Crippen LogP contribution in [0, 0.1) is 5.82 Å². The lowest BCUT2D eigenvalue weighted by molar-refractivity contribution is 0.0948. The monoisotopic (exact) mass is 394 g/mol. The Kier molecular flexibility index (Phi) is 6.73. The summed E-state index contributed by atoms with van der Waals surface area (Å²) in [6.07, 6.45) is 0.442. The highest BCUT2D eigenvalue weighted by Crippen LogP contribution is 2.27. The zero-order valence-corrected chi connectivity index (χ0v) is 16.4. The van der Waals surface area contributed by atoms with Gasteiger partial charge < -0.3 is 15.4 Å². The molecule has 0 radical (unpaired) electrons. The Morgan fingerprint density at radius 2 is 1.79 bits per heavy atom. The molecule has 1 amide bonds. The van der Waals surface area contributed by atoms with Gasteiger partial charge in [-0.05, 0) is 56.2 Å². The number of halogens is 1. The van der Waals surface area contributed by atoms with E-state index in [1.807, 2.05) is 38.1 Å². The SMILES string of the molecule is CC(C)Oc1ccccc1Nc1ccc(C(=O)NCCc2ccccc2F)nn1. The molecule has 0 atom stereocenters. The minimum absolute atomic E-state index is 0.0412. The third kappa shape index (κ3) is 5.75. The van der Waals surface area contributed by atoms with Gasteiger partial charge in [-0.1, -0.05) is 30.3 Å². The summed E-state index contributed by atoms with van der Waals surface area (Å²) in [4.78, 5) is 12.2. The maximum atomic E-state index is 13.6. The Hall–Kier alpha value is -3.48. The summed E-state index contributed by atoms with van der Waals surface area (Å²) in [6, 6.07) is 17.3. The number of nitrogens with one attached hydrogen (secondary N) is 2. The van der Waals surface area contributed by atoms with E-state index in [-0.39, 0.29) is 23.5 Å². The first kappa shape index (κ1) is 20.3. The number of para-hydroxylation sites is 2. The van der Waals surface area contributed by atoms with Gasteiger partial charge in [0, 0.05) is 6.54 Å². The molecule has 2 N–H and O–H groups in total. The van der Waals surface area contributed by atoms with E-state index in [0.29, 0.717) is 30.1 Å². The molecule has 0 aliphatic carbocycles. The lowest BCUT2D eigenvalue weighted by Crippen LogP contribution is -2.27. The molecule has 0 spiro atoms. The van der Waals surface area contributed by atoms with Crippen LogP contribution in [0.2, 0.25) is 0 Å². The Bertz CT molecular complexity index is 961. The zero-order chi connectivity index (χ0) is 20.6. The summed E-state index contributed by atoms with van der Waals surface area (Å²) in [5.74, 6) is 0.564. The van der Waals surface area contributed by atoms with E-state index in [4.69, 9.17) is 4.74 Å². The summed E-state index contributed by atoms with van der Waals surface area (Å²) in [7, 11) is 0. The van der Waals surface area contributed by atoms with Gasteiger partial charge in [0.15, 0.2) is 11.5 Å². The molecule has 0 saturated heterocycles. The minimum atomic E-state index is -0.357. The first-order chi connectivity index (χ1) is 14.0. The van der Waals surface area contributed by atoms with Crippen LogP contribution in [0.3, 0.4) is 0 Å². The second-order valence-corrected chi connectivity index (χ2v) is 6.69. The summed E-state index contributed by atoms with van der Waals surface area (Å²) in [5.41, 5.74) is 1.51. The Labute approximate surface area is 169 Å².